The van der Waals surface area contributed by atoms with Gasteiger partial charge in [0, 0.05) is 24.9 Å². The molecule has 0 aliphatic rings. The summed E-state index contributed by atoms with van der Waals surface area (Å²) in [7, 11) is 1.62. The molecule has 0 amide bonds. The van der Waals surface area contributed by atoms with Crippen molar-refractivity contribution in [3.05, 3.63) is 59.9 Å². The molecular weight excluding hydrogens is 441 g/mol. The maximum absolute atomic E-state index is 13.8. The van der Waals surface area contributed by atoms with Crippen molar-refractivity contribution >= 4 is 29.9 Å². The van der Waals surface area contributed by atoms with Crippen LogP contribution in [0.3, 0.4) is 0 Å². The van der Waals surface area contributed by atoms with Crippen LogP contribution < -0.4 is 15.4 Å². The van der Waals surface area contributed by atoms with Gasteiger partial charge in [-0.2, -0.15) is 0 Å². The van der Waals surface area contributed by atoms with Gasteiger partial charge in [0.2, 0.25) is 0 Å². The largest absolute Gasteiger partial charge is 0.490 e. The summed E-state index contributed by atoms with van der Waals surface area (Å²) in [4.78, 5) is 8.03. The molecule has 0 fully saturated rings. The smallest absolute Gasteiger partial charge is 0.191 e. The highest BCUT2D eigenvalue weighted by molar-refractivity contribution is 14.0. The van der Waals surface area contributed by atoms with Crippen LogP contribution >= 0.6 is 24.0 Å². The lowest BCUT2D eigenvalue weighted by atomic mass is 10.1. The van der Waals surface area contributed by atoms with Crippen molar-refractivity contribution in [1.82, 2.24) is 15.6 Å². The Morgan fingerprint density at radius 2 is 2.12 bits per heavy atom. The van der Waals surface area contributed by atoms with Crippen LogP contribution in [0.1, 0.15) is 18.5 Å². The van der Waals surface area contributed by atoms with Crippen LogP contribution in [-0.4, -0.2) is 31.1 Å². The van der Waals surface area contributed by atoms with E-state index in [1.54, 1.807) is 32.4 Å². The van der Waals surface area contributed by atoms with Gasteiger partial charge >= 0.3 is 0 Å². The fourth-order valence-corrected chi connectivity index (χ4v) is 2.10. The Hall–Kier alpha value is -1.97. The van der Waals surface area contributed by atoms with E-state index in [0.717, 1.165) is 6.07 Å². The fraction of sp³-hybridized carbons (Fsp3) is 0.294. The first-order valence-electron chi connectivity index (χ1n) is 7.55. The Morgan fingerprint density at radius 1 is 1.32 bits per heavy atom. The molecule has 1 atom stereocenters. The lowest BCUT2D eigenvalue weighted by Crippen LogP contribution is -2.40. The summed E-state index contributed by atoms with van der Waals surface area (Å²) in [5.74, 6) is -0.00567. The summed E-state index contributed by atoms with van der Waals surface area (Å²) in [5.41, 5.74) is 0.367. The van der Waals surface area contributed by atoms with Crippen molar-refractivity contribution in [2.75, 3.05) is 20.2 Å². The van der Waals surface area contributed by atoms with E-state index in [-0.39, 0.29) is 30.0 Å². The second kappa shape index (κ2) is 10.8. The lowest BCUT2D eigenvalue weighted by Gasteiger charge is -2.19. The number of hydrogen-bond donors (Lipinski definition) is 2. The molecule has 1 heterocycles. The van der Waals surface area contributed by atoms with Crippen LogP contribution in [0.2, 0.25) is 0 Å². The van der Waals surface area contributed by atoms with E-state index in [2.05, 4.69) is 20.6 Å². The van der Waals surface area contributed by atoms with Gasteiger partial charge in [0.25, 0.3) is 0 Å². The molecule has 0 saturated carbocycles. The van der Waals surface area contributed by atoms with Gasteiger partial charge in [0.1, 0.15) is 24.0 Å². The van der Waals surface area contributed by atoms with Crippen LogP contribution in [-0.2, 0) is 0 Å². The number of benzene rings is 1. The fourth-order valence-electron chi connectivity index (χ4n) is 2.10. The Balaban J connectivity index is 0.00000312. The molecule has 0 saturated heterocycles. The first-order valence-corrected chi connectivity index (χ1v) is 7.55. The van der Waals surface area contributed by atoms with Gasteiger partial charge in [-0.1, -0.05) is 6.07 Å². The first-order chi connectivity index (χ1) is 11.6. The molecule has 0 aliphatic carbocycles. The van der Waals surface area contributed by atoms with E-state index >= 15 is 0 Å². The molecule has 2 aromatic rings. The average Bonchev–Trinajstić information content (AvgIpc) is 2.58. The third-order valence-electron chi connectivity index (χ3n) is 3.30. The van der Waals surface area contributed by atoms with E-state index in [0.29, 0.717) is 30.4 Å². The number of aliphatic imine (C=N–C) groups is 1. The number of aromatic nitrogens is 1. The van der Waals surface area contributed by atoms with Gasteiger partial charge in [0.15, 0.2) is 5.96 Å². The Morgan fingerprint density at radius 3 is 2.76 bits per heavy atom. The van der Waals surface area contributed by atoms with E-state index in [4.69, 9.17) is 4.74 Å². The maximum Gasteiger partial charge on any atom is 0.191 e. The quantitative estimate of drug-likeness (QED) is 0.300. The zero-order valence-electron chi connectivity index (χ0n) is 14.0. The number of pyridine rings is 1. The summed E-state index contributed by atoms with van der Waals surface area (Å²) in [6.07, 6.45) is 3.30. The van der Waals surface area contributed by atoms with Gasteiger partial charge in [-0.05, 0) is 25.1 Å². The van der Waals surface area contributed by atoms with Crippen molar-refractivity contribution in [2.24, 2.45) is 4.99 Å². The predicted molar refractivity (Wildman–Crippen MR) is 104 cm³/mol. The average molecular weight is 462 g/mol. The monoisotopic (exact) mass is 462 g/mol. The van der Waals surface area contributed by atoms with Crippen LogP contribution in [0.5, 0.6) is 5.75 Å². The van der Waals surface area contributed by atoms with Crippen molar-refractivity contribution in [1.29, 1.82) is 0 Å². The van der Waals surface area contributed by atoms with Gasteiger partial charge < -0.3 is 15.4 Å². The van der Waals surface area contributed by atoms with Gasteiger partial charge in [0.05, 0.1) is 18.8 Å². The number of ether oxygens (including phenoxy) is 1. The lowest BCUT2D eigenvalue weighted by molar-refractivity contribution is 0.320. The number of nitrogens with zero attached hydrogens (tertiary/aromatic N) is 2. The van der Waals surface area contributed by atoms with Gasteiger partial charge in [-0.3, -0.25) is 9.98 Å². The van der Waals surface area contributed by atoms with Gasteiger partial charge in [-0.15, -0.1) is 24.0 Å². The molecule has 1 aromatic heterocycles. The molecule has 2 N–H and O–H groups in total. The van der Waals surface area contributed by atoms with Crippen molar-refractivity contribution in [3.63, 3.8) is 0 Å². The first kappa shape index (κ1) is 21.1. The Kier molecular flexibility index (Phi) is 9.11. The number of rotatable bonds is 6. The summed E-state index contributed by atoms with van der Waals surface area (Å²) in [6.45, 7) is 2.70. The highest BCUT2D eigenvalue weighted by atomic mass is 127. The zero-order chi connectivity index (χ0) is 17.4. The Labute approximate surface area is 162 Å². The zero-order valence-corrected chi connectivity index (χ0v) is 16.3. The molecule has 1 unspecified atom stereocenters. The third-order valence-corrected chi connectivity index (χ3v) is 3.30. The minimum absolute atomic E-state index is 0. The highest BCUT2D eigenvalue weighted by Crippen LogP contribution is 2.17. The maximum atomic E-state index is 13.8. The molecule has 8 heteroatoms. The van der Waals surface area contributed by atoms with E-state index in [1.165, 1.54) is 12.1 Å². The van der Waals surface area contributed by atoms with Crippen LogP contribution in [0.4, 0.5) is 8.78 Å². The van der Waals surface area contributed by atoms with Crippen LogP contribution in [0.15, 0.2) is 47.7 Å². The SMILES string of the molecule is CN=C(NCCOc1cccnc1)NC(C)c1ccc(F)cc1F.I. The second-order valence-electron chi connectivity index (χ2n) is 5.07. The molecule has 1 aromatic carbocycles. The molecule has 2 rings (SSSR count). The number of guanidine groups is 1. The van der Waals surface area contributed by atoms with Crippen LogP contribution in [0, 0.1) is 11.6 Å². The number of nitrogens with one attached hydrogen (secondary N) is 2. The van der Waals surface area contributed by atoms with Crippen molar-refractivity contribution < 1.29 is 13.5 Å². The molecule has 0 bridgehead atoms. The molecule has 0 radical (unpaired) electrons. The molecule has 0 spiro atoms. The molecule has 0 aliphatic heterocycles. The Bertz CT molecular complexity index is 686. The third kappa shape index (κ3) is 6.81. The molecule has 5 nitrogen and oxygen atoms in total. The van der Waals surface area contributed by atoms with E-state index < -0.39 is 11.6 Å². The normalized spacial score (nSPS) is 12.1. The standard InChI is InChI=1S/C17H20F2N4O.HI/c1-12(15-6-5-13(18)10-16(15)19)23-17(20-2)22-8-9-24-14-4-3-7-21-11-14;/h3-7,10-12H,8-9H2,1-2H3,(H2,20,22,23);1H. The minimum atomic E-state index is -0.599. The second-order valence-corrected chi connectivity index (χ2v) is 5.07. The minimum Gasteiger partial charge on any atom is -0.490 e. The summed E-state index contributed by atoms with van der Waals surface area (Å²) >= 11 is 0. The van der Waals surface area contributed by atoms with E-state index in [1.807, 2.05) is 6.07 Å². The summed E-state index contributed by atoms with van der Waals surface area (Å²) < 4.78 is 32.3. The summed E-state index contributed by atoms with van der Waals surface area (Å²) in [6, 6.07) is 6.76. The topological polar surface area (TPSA) is 58.5 Å². The number of halogens is 3. The number of hydrogen-bond acceptors (Lipinski definition) is 3. The highest BCUT2D eigenvalue weighted by Gasteiger charge is 2.13. The van der Waals surface area contributed by atoms with Crippen LogP contribution in [0.25, 0.3) is 0 Å². The molecule has 136 valence electrons. The molecule has 25 heavy (non-hydrogen) atoms. The van der Waals surface area contributed by atoms with Gasteiger partial charge in [-0.25, -0.2) is 8.78 Å². The summed E-state index contributed by atoms with van der Waals surface area (Å²) in [5, 5.41) is 6.12. The predicted octanol–water partition coefficient (Wildman–Crippen LogP) is 3.28. The molecular formula is C17H21F2IN4O. The van der Waals surface area contributed by atoms with Crippen molar-refractivity contribution in [2.45, 2.75) is 13.0 Å². The van der Waals surface area contributed by atoms with Crippen molar-refractivity contribution in [3.8, 4) is 5.75 Å². The van der Waals surface area contributed by atoms with E-state index in [9.17, 15) is 8.78 Å².